The summed E-state index contributed by atoms with van der Waals surface area (Å²) in [6, 6.07) is 0. The molecule has 0 amide bonds. The molecule has 0 aliphatic rings. The van der Waals surface area contributed by atoms with Crippen molar-refractivity contribution in [2.24, 2.45) is 10.7 Å². The molecule has 10 heavy (non-hydrogen) atoms. The molecule has 0 fully saturated rings. The Bertz CT molecular complexity index is 102. The van der Waals surface area contributed by atoms with E-state index in [1.807, 2.05) is 18.7 Å². The highest BCUT2D eigenvalue weighted by Gasteiger charge is 1.85. The first-order chi connectivity index (χ1) is 4.81. The zero-order valence-corrected chi connectivity index (χ0v) is 7.58. The van der Waals surface area contributed by atoms with E-state index in [0.29, 0.717) is 0 Å². The first kappa shape index (κ1) is 9.82. The fraction of sp³-hybridized carbons (Fsp3) is 0.857. The first-order valence-corrected chi connectivity index (χ1v) is 4.83. The zero-order chi connectivity index (χ0) is 7.82. The molecule has 0 radical (unpaired) electrons. The van der Waals surface area contributed by atoms with Crippen LogP contribution in [0.1, 0.15) is 20.3 Å². The smallest absolute Gasteiger partial charge is 0.0934 e. The number of hydrogen-bond donors (Lipinski definition) is 1. The van der Waals surface area contributed by atoms with Crippen LogP contribution in [-0.4, -0.2) is 23.9 Å². The van der Waals surface area contributed by atoms with Gasteiger partial charge in [0.1, 0.15) is 0 Å². The molecule has 0 bridgehead atoms. The van der Waals surface area contributed by atoms with Crippen LogP contribution in [0.25, 0.3) is 0 Å². The van der Waals surface area contributed by atoms with Gasteiger partial charge in [-0.25, -0.2) is 0 Å². The second-order valence-corrected chi connectivity index (χ2v) is 3.32. The molecule has 0 aromatic carbocycles. The van der Waals surface area contributed by atoms with Crippen molar-refractivity contribution >= 4 is 17.6 Å². The van der Waals surface area contributed by atoms with Gasteiger partial charge >= 0.3 is 0 Å². The van der Waals surface area contributed by atoms with Crippen LogP contribution in [0.3, 0.4) is 0 Å². The minimum Gasteiger partial charge on any atom is -0.387 e. The number of aliphatic imine (C=N–C) groups is 1. The van der Waals surface area contributed by atoms with Gasteiger partial charge in [-0.3, -0.25) is 4.99 Å². The Labute approximate surface area is 67.3 Å². The van der Waals surface area contributed by atoms with Gasteiger partial charge in [0.05, 0.1) is 5.84 Å². The predicted octanol–water partition coefficient (Wildman–Crippen LogP) is 1.51. The molecule has 0 aromatic rings. The normalized spacial score (nSPS) is 12.0. The van der Waals surface area contributed by atoms with Gasteiger partial charge in [0.2, 0.25) is 0 Å². The number of thioether (sulfide) groups is 1. The average Bonchev–Trinajstić information content (AvgIpc) is 1.98. The van der Waals surface area contributed by atoms with Gasteiger partial charge in [-0.1, -0.05) is 13.8 Å². The van der Waals surface area contributed by atoms with E-state index in [-0.39, 0.29) is 0 Å². The van der Waals surface area contributed by atoms with E-state index in [4.69, 9.17) is 5.73 Å². The van der Waals surface area contributed by atoms with Gasteiger partial charge in [-0.15, -0.1) is 0 Å². The van der Waals surface area contributed by atoms with E-state index in [9.17, 15) is 0 Å². The molecule has 0 rings (SSSR count). The Hall–Kier alpha value is -0.180. The maximum absolute atomic E-state index is 5.50. The Kier molecular flexibility index (Phi) is 6.81. The molecule has 0 saturated carbocycles. The number of hydrogen-bond acceptors (Lipinski definition) is 2. The van der Waals surface area contributed by atoms with Gasteiger partial charge in [-0.2, -0.15) is 11.8 Å². The zero-order valence-electron chi connectivity index (χ0n) is 6.76. The van der Waals surface area contributed by atoms with Gasteiger partial charge in [0, 0.05) is 18.7 Å². The van der Waals surface area contributed by atoms with Crippen LogP contribution in [0.15, 0.2) is 4.99 Å². The maximum atomic E-state index is 5.50. The van der Waals surface area contributed by atoms with Crippen molar-refractivity contribution in [1.82, 2.24) is 0 Å². The quantitative estimate of drug-likeness (QED) is 0.376. The van der Waals surface area contributed by atoms with E-state index in [1.54, 1.807) is 0 Å². The summed E-state index contributed by atoms with van der Waals surface area (Å²) in [4.78, 5) is 4.15. The predicted molar refractivity (Wildman–Crippen MR) is 49.8 cm³/mol. The highest BCUT2D eigenvalue weighted by Crippen LogP contribution is 1.96. The van der Waals surface area contributed by atoms with Crippen LogP contribution in [0, 0.1) is 0 Å². The summed E-state index contributed by atoms with van der Waals surface area (Å²) in [6.07, 6.45) is 0.872. The van der Waals surface area contributed by atoms with E-state index in [2.05, 4.69) is 11.9 Å². The Morgan fingerprint density at radius 2 is 2.20 bits per heavy atom. The second kappa shape index (κ2) is 6.93. The lowest BCUT2D eigenvalue weighted by atomic mass is 10.4. The molecule has 2 N–H and O–H groups in total. The van der Waals surface area contributed by atoms with Gasteiger partial charge in [0.25, 0.3) is 0 Å². The third kappa shape index (κ3) is 5.95. The van der Waals surface area contributed by atoms with Crippen molar-refractivity contribution < 1.29 is 0 Å². The van der Waals surface area contributed by atoms with Crippen LogP contribution < -0.4 is 5.73 Å². The average molecular weight is 160 g/mol. The Morgan fingerprint density at radius 3 is 2.70 bits per heavy atom. The summed E-state index contributed by atoms with van der Waals surface area (Å²) in [5.41, 5.74) is 5.50. The van der Waals surface area contributed by atoms with Crippen LogP contribution in [-0.2, 0) is 0 Å². The Balaban J connectivity index is 3.16. The molecule has 0 aliphatic carbocycles. The molecule has 2 nitrogen and oxygen atoms in total. The fourth-order valence-corrected chi connectivity index (χ4v) is 1.02. The SMILES string of the molecule is CCSCCN=C(N)CC. The number of amidine groups is 1. The molecule has 0 unspecified atom stereocenters. The molecule has 60 valence electrons. The lowest BCUT2D eigenvalue weighted by Gasteiger charge is -1.95. The molecule has 0 saturated heterocycles. The van der Waals surface area contributed by atoms with Crippen LogP contribution >= 0.6 is 11.8 Å². The monoisotopic (exact) mass is 160 g/mol. The largest absolute Gasteiger partial charge is 0.387 e. The van der Waals surface area contributed by atoms with Crippen molar-refractivity contribution in [2.75, 3.05) is 18.1 Å². The number of rotatable bonds is 5. The maximum Gasteiger partial charge on any atom is 0.0934 e. The summed E-state index contributed by atoms with van der Waals surface area (Å²) < 4.78 is 0. The van der Waals surface area contributed by atoms with E-state index < -0.39 is 0 Å². The molecular weight excluding hydrogens is 144 g/mol. The minimum absolute atomic E-state index is 0.775. The van der Waals surface area contributed by atoms with Crippen molar-refractivity contribution in [3.63, 3.8) is 0 Å². The van der Waals surface area contributed by atoms with E-state index in [0.717, 1.165) is 24.6 Å². The minimum atomic E-state index is 0.775. The van der Waals surface area contributed by atoms with Crippen LogP contribution in [0.5, 0.6) is 0 Å². The van der Waals surface area contributed by atoms with Crippen molar-refractivity contribution in [1.29, 1.82) is 0 Å². The number of nitrogens with two attached hydrogens (primary N) is 1. The topological polar surface area (TPSA) is 38.4 Å². The fourth-order valence-electron chi connectivity index (χ4n) is 0.510. The molecule has 0 aromatic heterocycles. The third-order valence-electron chi connectivity index (χ3n) is 1.12. The van der Waals surface area contributed by atoms with Crippen molar-refractivity contribution in [2.45, 2.75) is 20.3 Å². The summed E-state index contributed by atoms with van der Waals surface area (Å²) in [5, 5.41) is 0. The second-order valence-electron chi connectivity index (χ2n) is 1.92. The summed E-state index contributed by atoms with van der Waals surface area (Å²) in [6.45, 7) is 5.04. The van der Waals surface area contributed by atoms with E-state index in [1.165, 1.54) is 5.75 Å². The van der Waals surface area contributed by atoms with Crippen molar-refractivity contribution in [3.8, 4) is 0 Å². The standard InChI is InChI=1S/C7H16N2S/c1-3-7(8)9-5-6-10-4-2/h3-6H2,1-2H3,(H2,8,9). The lowest BCUT2D eigenvalue weighted by Crippen LogP contribution is -2.10. The molecule has 0 heterocycles. The molecular formula is C7H16N2S. The highest BCUT2D eigenvalue weighted by molar-refractivity contribution is 7.99. The third-order valence-corrected chi connectivity index (χ3v) is 2.00. The highest BCUT2D eigenvalue weighted by atomic mass is 32.2. The summed E-state index contributed by atoms with van der Waals surface area (Å²) in [5.74, 6) is 3.04. The molecule has 0 atom stereocenters. The number of nitrogens with zero attached hydrogens (tertiary/aromatic N) is 1. The Morgan fingerprint density at radius 1 is 1.50 bits per heavy atom. The van der Waals surface area contributed by atoms with Crippen molar-refractivity contribution in [3.05, 3.63) is 0 Å². The van der Waals surface area contributed by atoms with E-state index >= 15 is 0 Å². The molecule has 0 spiro atoms. The summed E-state index contributed by atoms with van der Waals surface area (Å²) in [7, 11) is 0. The van der Waals surface area contributed by atoms with Crippen LogP contribution in [0.2, 0.25) is 0 Å². The molecule has 0 aliphatic heterocycles. The summed E-state index contributed by atoms with van der Waals surface area (Å²) >= 11 is 1.90. The van der Waals surface area contributed by atoms with Crippen LogP contribution in [0.4, 0.5) is 0 Å². The first-order valence-electron chi connectivity index (χ1n) is 3.67. The van der Waals surface area contributed by atoms with Gasteiger partial charge in [0.15, 0.2) is 0 Å². The van der Waals surface area contributed by atoms with Gasteiger partial charge < -0.3 is 5.73 Å². The molecule has 3 heteroatoms. The van der Waals surface area contributed by atoms with Gasteiger partial charge in [-0.05, 0) is 5.75 Å². The lowest BCUT2D eigenvalue weighted by molar-refractivity contribution is 1.10.